The van der Waals surface area contributed by atoms with Crippen molar-refractivity contribution in [1.29, 1.82) is 0 Å². The molecule has 2 heteroatoms. The third-order valence-electron chi connectivity index (χ3n) is 2.85. The first-order valence-corrected chi connectivity index (χ1v) is 5.60. The lowest BCUT2D eigenvalue weighted by Crippen LogP contribution is -2.00. The zero-order valence-electron chi connectivity index (χ0n) is 10.1. The first-order valence-electron chi connectivity index (χ1n) is 5.60. The van der Waals surface area contributed by atoms with Crippen LogP contribution in [-0.2, 0) is 0 Å². The number of aliphatic hydroxyl groups excluding tert-OH is 1. The van der Waals surface area contributed by atoms with Gasteiger partial charge in [-0.2, -0.15) is 0 Å². The summed E-state index contributed by atoms with van der Waals surface area (Å²) >= 11 is 0. The molecule has 1 N–H and O–H groups in total. The molecule has 2 aromatic carbocycles. The number of aliphatic hydroxyl groups is 1. The summed E-state index contributed by atoms with van der Waals surface area (Å²) in [6.45, 7) is 1.97. The van der Waals surface area contributed by atoms with Gasteiger partial charge in [0, 0.05) is 0 Å². The van der Waals surface area contributed by atoms with E-state index in [1.165, 1.54) is 0 Å². The summed E-state index contributed by atoms with van der Waals surface area (Å²) in [5, 5.41) is 10.2. The molecule has 0 aliphatic carbocycles. The van der Waals surface area contributed by atoms with Gasteiger partial charge in [0.25, 0.3) is 0 Å². The summed E-state index contributed by atoms with van der Waals surface area (Å²) in [7, 11) is 1.65. The van der Waals surface area contributed by atoms with Crippen molar-refractivity contribution in [3.63, 3.8) is 0 Å². The average Bonchev–Trinajstić information content (AvgIpc) is 2.39. The summed E-state index contributed by atoms with van der Waals surface area (Å²) in [5.74, 6) is 0.842. The van der Waals surface area contributed by atoms with Crippen molar-refractivity contribution in [2.24, 2.45) is 0 Å². The summed E-state index contributed by atoms with van der Waals surface area (Å²) in [4.78, 5) is 0. The Hall–Kier alpha value is -1.80. The predicted molar refractivity (Wildman–Crippen MR) is 68.2 cm³/mol. The number of rotatable bonds is 3. The van der Waals surface area contributed by atoms with Crippen LogP contribution in [0.3, 0.4) is 0 Å². The molecule has 0 radical (unpaired) electrons. The van der Waals surface area contributed by atoms with Crippen molar-refractivity contribution in [2.75, 3.05) is 7.11 Å². The van der Waals surface area contributed by atoms with Gasteiger partial charge in [-0.1, -0.05) is 36.4 Å². The summed E-state index contributed by atoms with van der Waals surface area (Å²) in [6, 6.07) is 15.4. The van der Waals surface area contributed by atoms with E-state index in [1.807, 2.05) is 55.5 Å². The van der Waals surface area contributed by atoms with Gasteiger partial charge in [-0.15, -0.1) is 0 Å². The second-order valence-corrected chi connectivity index (χ2v) is 4.04. The lowest BCUT2D eigenvalue weighted by Gasteiger charge is -2.13. The lowest BCUT2D eigenvalue weighted by molar-refractivity contribution is 0.220. The van der Waals surface area contributed by atoms with E-state index in [9.17, 15) is 5.11 Å². The highest BCUT2D eigenvalue weighted by atomic mass is 16.5. The largest absolute Gasteiger partial charge is 0.496 e. The average molecular weight is 228 g/mol. The fraction of sp³-hybridized carbons (Fsp3) is 0.200. The molecule has 0 amide bonds. The highest BCUT2D eigenvalue weighted by molar-refractivity contribution is 5.39. The minimum atomic E-state index is -0.583. The van der Waals surface area contributed by atoms with Gasteiger partial charge in [0.15, 0.2) is 0 Å². The van der Waals surface area contributed by atoms with E-state index in [1.54, 1.807) is 7.11 Å². The van der Waals surface area contributed by atoms with Crippen LogP contribution >= 0.6 is 0 Å². The Morgan fingerprint density at radius 3 is 2.29 bits per heavy atom. The molecule has 0 saturated heterocycles. The van der Waals surface area contributed by atoms with Crippen LogP contribution in [0.2, 0.25) is 0 Å². The number of aryl methyl sites for hydroxylation is 1. The van der Waals surface area contributed by atoms with Crippen molar-refractivity contribution in [3.8, 4) is 5.75 Å². The van der Waals surface area contributed by atoms with Crippen molar-refractivity contribution in [3.05, 3.63) is 65.2 Å². The molecule has 0 saturated carbocycles. The number of hydrogen-bond donors (Lipinski definition) is 1. The SMILES string of the molecule is COc1ccc(C(O)c2ccccc2)cc1C. The minimum absolute atomic E-state index is 0.583. The molecule has 0 aliphatic heterocycles. The fourth-order valence-corrected chi connectivity index (χ4v) is 1.90. The molecule has 0 spiro atoms. The smallest absolute Gasteiger partial charge is 0.121 e. The van der Waals surface area contributed by atoms with E-state index in [-0.39, 0.29) is 0 Å². The maximum absolute atomic E-state index is 10.2. The van der Waals surface area contributed by atoms with Crippen LogP contribution in [0.15, 0.2) is 48.5 Å². The topological polar surface area (TPSA) is 29.5 Å². The molecule has 0 aliphatic rings. The van der Waals surface area contributed by atoms with Gasteiger partial charge in [0.05, 0.1) is 7.11 Å². The van der Waals surface area contributed by atoms with Gasteiger partial charge in [0.1, 0.15) is 11.9 Å². The van der Waals surface area contributed by atoms with E-state index in [0.29, 0.717) is 0 Å². The fourth-order valence-electron chi connectivity index (χ4n) is 1.90. The molecule has 0 aromatic heterocycles. The summed E-state index contributed by atoms with van der Waals surface area (Å²) in [6.07, 6.45) is -0.583. The van der Waals surface area contributed by atoms with Crippen molar-refractivity contribution >= 4 is 0 Å². The number of ether oxygens (including phenoxy) is 1. The second-order valence-electron chi connectivity index (χ2n) is 4.04. The molecule has 0 heterocycles. The van der Waals surface area contributed by atoms with Crippen LogP contribution in [-0.4, -0.2) is 12.2 Å². The normalized spacial score (nSPS) is 12.2. The molecule has 1 unspecified atom stereocenters. The minimum Gasteiger partial charge on any atom is -0.496 e. The highest BCUT2D eigenvalue weighted by Crippen LogP contribution is 2.26. The Bertz CT molecular complexity index is 492. The molecule has 0 bridgehead atoms. The zero-order chi connectivity index (χ0) is 12.3. The molecule has 2 rings (SSSR count). The van der Waals surface area contributed by atoms with Gasteiger partial charge in [-0.25, -0.2) is 0 Å². The maximum atomic E-state index is 10.2. The lowest BCUT2D eigenvalue weighted by atomic mass is 10.00. The van der Waals surface area contributed by atoms with Gasteiger partial charge < -0.3 is 9.84 Å². The van der Waals surface area contributed by atoms with Crippen molar-refractivity contribution in [1.82, 2.24) is 0 Å². The van der Waals surface area contributed by atoms with Gasteiger partial charge in [0.2, 0.25) is 0 Å². The highest BCUT2D eigenvalue weighted by Gasteiger charge is 2.11. The Labute approximate surface area is 101 Å². The summed E-state index contributed by atoms with van der Waals surface area (Å²) in [5.41, 5.74) is 2.81. The van der Waals surface area contributed by atoms with Crippen LogP contribution in [0, 0.1) is 6.92 Å². The second kappa shape index (κ2) is 5.02. The first-order chi connectivity index (χ1) is 8.22. The monoisotopic (exact) mass is 228 g/mol. The standard InChI is InChI=1S/C15H16O2/c1-11-10-13(8-9-14(11)17-2)15(16)12-6-4-3-5-7-12/h3-10,15-16H,1-2H3. The van der Waals surface area contributed by atoms with Gasteiger partial charge >= 0.3 is 0 Å². The van der Waals surface area contributed by atoms with Gasteiger partial charge in [-0.05, 0) is 35.7 Å². The molecular weight excluding hydrogens is 212 g/mol. The number of hydrogen-bond acceptors (Lipinski definition) is 2. The molecule has 88 valence electrons. The van der Waals surface area contributed by atoms with Crippen LogP contribution in [0.1, 0.15) is 22.8 Å². The summed E-state index contributed by atoms with van der Waals surface area (Å²) < 4.78 is 5.20. The Morgan fingerprint density at radius 2 is 1.71 bits per heavy atom. The Balaban J connectivity index is 2.32. The van der Waals surface area contributed by atoms with E-state index >= 15 is 0 Å². The molecule has 17 heavy (non-hydrogen) atoms. The predicted octanol–water partition coefficient (Wildman–Crippen LogP) is 3.09. The Morgan fingerprint density at radius 1 is 1.00 bits per heavy atom. The van der Waals surface area contributed by atoms with E-state index in [0.717, 1.165) is 22.4 Å². The molecule has 2 aromatic rings. The van der Waals surface area contributed by atoms with Crippen LogP contribution in [0.25, 0.3) is 0 Å². The van der Waals surface area contributed by atoms with Crippen LogP contribution < -0.4 is 4.74 Å². The third kappa shape index (κ3) is 2.48. The first kappa shape index (κ1) is 11.7. The Kier molecular flexibility index (Phi) is 3.45. The van der Waals surface area contributed by atoms with Crippen LogP contribution in [0.5, 0.6) is 5.75 Å². The van der Waals surface area contributed by atoms with Gasteiger partial charge in [-0.3, -0.25) is 0 Å². The maximum Gasteiger partial charge on any atom is 0.121 e. The van der Waals surface area contributed by atoms with E-state index in [4.69, 9.17) is 4.74 Å². The van der Waals surface area contributed by atoms with E-state index < -0.39 is 6.10 Å². The molecular formula is C15H16O2. The van der Waals surface area contributed by atoms with Crippen LogP contribution in [0.4, 0.5) is 0 Å². The molecule has 2 nitrogen and oxygen atoms in total. The van der Waals surface area contributed by atoms with E-state index in [2.05, 4.69) is 0 Å². The van der Waals surface area contributed by atoms with Crippen molar-refractivity contribution in [2.45, 2.75) is 13.0 Å². The molecule has 1 atom stereocenters. The third-order valence-corrected chi connectivity index (χ3v) is 2.85. The quantitative estimate of drug-likeness (QED) is 0.874. The number of methoxy groups -OCH3 is 1. The number of benzene rings is 2. The van der Waals surface area contributed by atoms with Crippen molar-refractivity contribution < 1.29 is 9.84 Å². The molecule has 0 fully saturated rings. The zero-order valence-corrected chi connectivity index (χ0v) is 10.1.